The number of hydrogen-bond donors (Lipinski definition) is 0. The monoisotopic (exact) mass is 286 g/mol. The minimum absolute atomic E-state index is 1.12. The molecule has 1 unspecified atom stereocenters. The maximum atomic E-state index is 6.70. The highest BCUT2D eigenvalue weighted by Crippen LogP contribution is 2.51. The SMILES string of the molecule is [B-][P+]([CH2-])(c1ccccc1)c1ccccc1-c1ccccc1. The molecule has 0 aliphatic rings. The molecule has 3 aromatic carbocycles. The molecule has 3 rings (SSSR count). The molecular weight excluding hydrogens is 270 g/mol. The van der Waals surface area contributed by atoms with Gasteiger partial charge in [0.05, 0.1) is 0 Å². The van der Waals surface area contributed by atoms with Gasteiger partial charge >= 0.3 is 0 Å². The topological polar surface area (TPSA) is 0 Å². The van der Waals surface area contributed by atoms with Gasteiger partial charge in [-0.1, -0.05) is 66.7 Å². The lowest BCUT2D eigenvalue weighted by atomic mass is 10.1. The molecule has 0 saturated heterocycles. The van der Waals surface area contributed by atoms with Gasteiger partial charge in [0.25, 0.3) is 0 Å². The van der Waals surface area contributed by atoms with Crippen LogP contribution in [0.2, 0.25) is 0 Å². The minimum Gasteiger partial charge on any atom is -0.334 e. The fraction of sp³-hybridized carbons (Fsp3) is 0. The molecule has 1 atom stereocenters. The van der Waals surface area contributed by atoms with E-state index in [-0.39, 0.29) is 0 Å². The summed E-state index contributed by atoms with van der Waals surface area (Å²) in [6, 6.07) is 28.9. The Bertz CT molecular complexity index is 721. The predicted molar refractivity (Wildman–Crippen MR) is 95.6 cm³/mol. The summed E-state index contributed by atoms with van der Waals surface area (Å²) in [5.41, 5.74) is 2.36. The van der Waals surface area contributed by atoms with Crippen LogP contribution in [0.4, 0.5) is 0 Å². The second-order valence-corrected chi connectivity index (χ2v) is 7.82. The quantitative estimate of drug-likeness (QED) is 0.384. The third-order valence-corrected chi connectivity index (χ3v) is 6.11. The molecule has 0 N–H and O–H groups in total. The van der Waals surface area contributed by atoms with Gasteiger partial charge in [-0.2, -0.15) is 0 Å². The Morgan fingerprint density at radius 3 is 1.86 bits per heavy atom. The average molecular weight is 286 g/mol. The normalized spacial score (nSPS) is 13.6. The van der Waals surface area contributed by atoms with Crippen molar-refractivity contribution in [3.8, 4) is 11.1 Å². The standard InChI is InChI=1S/C19H16BP/c1-21(20,17-12-6-3-7-13-17)19-15-9-8-14-18(19)16-10-4-2-5-11-16/h2-15H,1H2/q-1. The lowest BCUT2D eigenvalue weighted by Gasteiger charge is -2.42. The third kappa shape index (κ3) is 2.80. The van der Waals surface area contributed by atoms with Crippen molar-refractivity contribution in [2.75, 3.05) is 0 Å². The van der Waals surface area contributed by atoms with Crippen LogP contribution in [0.5, 0.6) is 0 Å². The number of benzene rings is 3. The summed E-state index contributed by atoms with van der Waals surface area (Å²) >= 11 is 0. The van der Waals surface area contributed by atoms with Gasteiger partial charge in [0.15, 0.2) is 0 Å². The second kappa shape index (κ2) is 5.88. The van der Waals surface area contributed by atoms with Crippen LogP contribution in [0.25, 0.3) is 11.1 Å². The van der Waals surface area contributed by atoms with Crippen LogP contribution in [0.3, 0.4) is 0 Å². The van der Waals surface area contributed by atoms with Crippen LogP contribution in [0.15, 0.2) is 84.9 Å². The zero-order valence-corrected chi connectivity index (χ0v) is 12.7. The molecule has 0 spiro atoms. The van der Waals surface area contributed by atoms with E-state index in [1.165, 1.54) is 11.1 Å². The fourth-order valence-electron chi connectivity index (χ4n) is 2.52. The summed E-state index contributed by atoms with van der Waals surface area (Å²) in [4.78, 5) is 0. The van der Waals surface area contributed by atoms with Crippen molar-refractivity contribution in [1.29, 1.82) is 0 Å². The van der Waals surface area contributed by atoms with Gasteiger partial charge in [0.1, 0.15) is 0 Å². The van der Waals surface area contributed by atoms with Crippen LogP contribution >= 0.6 is 7.14 Å². The first-order valence-corrected chi connectivity index (χ1v) is 8.96. The highest BCUT2D eigenvalue weighted by molar-refractivity contribution is 8.09. The van der Waals surface area contributed by atoms with Gasteiger partial charge in [0.2, 0.25) is 0 Å². The van der Waals surface area contributed by atoms with Crippen LogP contribution < -0.4 is 10.6 Å². The first kappa shape index (κ1) is 14.1. The van der Waals surface area contributed by atoms with Crippen molar-refractivity contribution in [3.05, 3.63) is 91.6 Å². The van der Waals surface area contributed by atoms with Crippen LogP contribution in [-0.4, -0.2) is 7.57 Å². The molecule has 0 amide bonds. The average Bonchev–Trinajstić information content (AvgIpc) is 2.56. The Balaban J connectivity index is 2.16. The van der Waals surface area contributed by atoms with E-state index in [0.29, 0.717) is 0 Å². The molecule has 0 aromatic heterocycles. The molecule has 0 aliphatic heterocycles. The molecule has 2 heteroatoms. The lowest BCUT2D eigenvalue weighted by molar-refractivity contribution is 1.65. The van der Waals surface area contributed by atoms with E-state index in [1.807, 2.05) is 42.5 Å². The second-order valence-electron chi connectivity index (χ2n) is 5.09. The molecule has 0 heterocycles. The van der Waals surface area contributed by atoms with E-state index in [0.717, 1.165) is 10.6 Å². The molecule has 101 valence electrons. The van der Waals surface area contributed by atoms with Gasteiger partial charge in [-0.15, -0.1) is 0 Å². The third-order valence-electron chi connectivity index (χ3n) is 3.64. The van der Waals surface area contributed by atoms with Crippen molar-refractivity contribution >= 4 is 25.3 Å². The van der Waals surface area contributed by atoms with E-state index in [2.05, 4.69) is 49.1 Å². The Kier molecular flexibility index (Phi) is 3.95. The molecule has 21 heavy (non-hydrogen) atoms. The molecule has 0 bridgehead atoms. The first-order valence-electron chi connectivity index (χ1n) is 6.92. The highest BCUT2D eigenvalue weighted by Gasteiger charge is 2.16. The summed E-state index contributed by atoms with van der Waals surface area (Å²) in [5.74, 6) is 0. The van der Waals surface area contributed by atoms with Gasteiger partial charge in [-0.25, -0.2) is 6.66 Å². The maximum absolute atomic E-state index is 6.70. The molecule has 0 aliphatic carbocycles. The van der Waals surface area contributed by atoms with E-state index in [1.54, 1.807) is 0 Å². The van der Waals surface area contributed by atoms with Gasteiger partial charge in [-0.3, -0.25) is 0 Å². The molecule has 3 aromatic rings. The Labute approximate surface area is 128 Å². The van der Waals surface area contributed by atoms with Crippen molar-refractivity contribution in [2.45, 2.75) is 0 Å². The zero-order chi connectivity index (χ0) is 14.7. The fourth-order valence-corrected chi connectivity index (χ4v) is 4.48. The Morgan fingerprint density at radius 1 is 0.667 bits per heavy atom. The van der Waals surface area contributed by atoms with E-state index >= 15 is 0 Å². The van der Waals surface area contributed by atoms with Crippen LogP contribution in [0, 0.1) is 6.66 Å². The van der Waals surface area contributed by atoms with Crippen molar-refractivity contribution < 1.29 is 0 Å². The predicted octanol–water partition coefficient (Wildman–Crippen LogP) is 4.20. The Hall–Kier alpha value is -1.85. The van der Waals surface area contributed by atoms with Gasteiger partial charge < -0.3 is 14.7 Å². The molecule has 0 fully saturated rings. The minimum atomic E-state index is -2.10. The van der Waals surface area contributed by atoms with Crippen LogP contribution in [0.1, 0.15) is 0 Å². The summed E-state index contributed by atoms with van der Waals surface area (Å²) in [7, 11) is 4.60. The van der Waals surface area contributed by atoms with Crippen molar-refractivity contribution in [2.24, 2.45) is 0 Å². The molecule has 0 nitrogen and oxygen atoms in total. The molecule has 3 radical (unpaired) electrons. The Morgan fingerprint density at radius 2 is 1.19 bits per heavy atom. The van der Waals surface area contributed by atoms with E-state index in [4.69, 9.17) is 7.57 Å². The summed E-state index contributed by atoms with van der Waals surface area (Å²) in [6.07, 6.45) is 0. The van der Waals surface area contributed by atoms with Gasteiger partial charge in [-0.05, 0) is 23.8 Å². The lowest BCUT2D eigenvalue weighted by Crippen LogP contribution is -2.21. The largest absolute Gasteiger partial charge is 0.334 e. The van der Waals surface area contributed by atoms with Crippen LogP contribution in [-0.2, 0) is 0 Å². The highest BCUT2D eigenvalue weighted by atomic mass is 31.2. The number of hydrogen-bond acceptors (Lipinski definition) is 0. The molecular formula is C19H16BP-. The summed E-state index contributed by atoms with van der Waals surface area (Å²) in [6.45, 7) is 4.39. The summed E-state index contributed by atoms with van der Waals surface area (Å²) < 4.78 is 0. The van der Waals surface area contributed by atoms with E-state index in [9.17, 15) is 0 Å². The zero-order valence-electron chi connectivity index (χ0n) is 11.8. The number of rotatable bonds is 3. The summed E-state index contributed by atoms with van der Waals surface area (Å²) in [5, 5.41) is 2.26. The van der Waals surface area contributed by atoms with Crippen molar-refractivity contribution in [3.63, 3.8) is 0 Å². The van der Waals surface area contributed by atoms with Gasteiger partial charge in [0, 0.05) is 16.2 Å². The smallest absolute Gasteiger partial charge is 0.0268 e. The first-order chi connectivity index (χ1) is 10.2. The maximum Gasteiger partial charge on any atom is 0.0268 e. The van der Waals surface area contributed by atoms with E-state index < -0.39 is 7.14 Å². The molecule has 0 saturated carbocycles. The van der Waals surface area contributed by atoms with Crippen molar-refractivity contribution in [1.82, 2.24) is 0 Å².